The van der Waals surface area contributed by atoms with Gasteiger partial charge in [-0.15, -0.1) is 0 Å². The van der Waals surface area contributed by atoms with E-state index in [2.05, 4.69) is 9.97 Å². The number of H-pyrrole nitrogens is 1. The van der Waals surface area contributed by atoms with Crippen molar-refractivity contribution in [2.75, 3.05) is 5.73 Å². The summed E-state index contributed by atoms with van der Waals surface area (Å²) in [5.74, 6) is -0.0396. The third-order valence-electron chi connectivity index (χ3n) is 3.66. The summed E-state index contributed by atoms with van der Waals surface area (Å²) in [4.78, 5) is 30.0. The number of aliphatic hydroxyl groups excluding tert-OH is 1. The standard InChI is InChI=1S/C12H16N4O4S/c1-2-5(17)6-3-4-7(20-6)16-9-8(21-12(16)19)10(18)15-11(13)14-9/h5-7,17H,2-4H2,1H3,(H3,13,14,15,18)/t5-,6-,7+/m0/s1. The molecule has 0 spiro atoms. The molecule has 2 aromatic rings. The number of rotatable bonds is 3. The molecule has 4 N–H and O–H groups in total. The number of nitrogen functional groups attached to an aromatic ring is 1. The molecule has 0 saturated carbocycles. The highest BCUT2D eigenvalue weighted by atomic mass is 32.1. The Bertz CT molecular complexity index is 780. The first-order chi connectivity index (χ1) is 10.0. The van der Waals surface area contributed by atoms with Crippen molar-refractivity contribution in [2.24, 2.45) is 0 Å². The number of aromatic nitrogens is 3. The third kappa shape index (κ3) is 2.37. The molecule has 3 heterocycles. The Morgan fingerprint density at radius 1 is 1.57 bits per heavy atom. The number of aliphatic hydroxyl groups is 1. The summed E-state index contributed by atoms with van der Waals surface area (Å²) < 4.78 is 7.34. The molecule has 1 aliphatic heterocycles. The third-order valence-corrected chi connectivity index (χ3v) is 4.60. The highest BCUT2D eigenvalue weighted by Gasteiger charge is 2.33. The Morgan fingerprint density at radius 3 is 3.05 bits per heavy atom. The molecular weight excluding hydrogens is 296 g/mol. The summed E-state index contributed by atoms with van der Waals surface area (Å²) in [6.07, 6.45) is 0.440. The fourth-order valence-corrected chi connectivity index (χ4v) is 3.44. The second-order valence-electron chi connectivity index (χ2n) is 5.02. The number of aromatic amines is 1. The van der Waals surface area contributed by atoms with Crippen molar-refractivity contribution in [1.29, 1.82) is 0 Å². The fraction of sp³-hybridized carbons (Fsp3) is 0.583. The van der Waals surface area contributed by atoms with E-state index < -0.39 is 17.9 Å². The molecule has 1 fully saturated rings. The van der Waals surface area contributed by atoms with Gasteiger partial charge in [0.1, 0.15) is 10.9 Å². The zero-order valence-electron chi connectivity index (χ0n) is 11.4. The zero-order chi connectivity index (χ0) is 15.1. The Morgan fingerprint density at radius 2 is 2.33 bits per heavy atom. The molecule has 8 nitrogen and oxygen atoms in total. The lowest BCUT2D eigenvalue weighted by Gasteiger charge is -2.18. The molecule has 114 valence electrons. The smallest absolute Gasteiger partial charge is 0.311 e. The van der Waals surface area contributed by atoms with Gasteiger partial charge in [-0.1, -0.05) is 18.3 Å². The summed E-state index contributed by atoms with van der Waals surface area (Å²) in [7, 11) is 0. The van der Waals surface area contributed by atoms with E-state index >= 15 is 0 Å². The topological polar surface area (TPSA) is 123 Å². The highest BCUT2D eigenvalue weighted by Crippen LogP contribution is 2.32. The maximum Gasteiger partial charge on any atom is 0.311 e. The van der Waals surface area contributed by atoms with Crippen LogP contribution in [0.4, 0.5) is 5.95 Å². The predicted molar refractivity (Wildman–Crippen MR) is 78.4 cm³/mol. The summed E-state index contributed by atoms with van der Waals surface area (Å²) in [5.41, 5.74) is 5.35. The van der Waals surface area contributed by atoms with Crippen LogP contribution in [0.2, 0.25) is 0 Å². The monoisotopic (exact) mass is 312 g/mol. The van der Waals surface area contributed by atoms with E-state index in [9.17, 15) is 14.7 Å². The summed E-state index contributed by atoms with van der Waals surface area (Å²) in [5, 5.41) is 9.84. The first-order valence-corrected chi connectivity index (χ1v) is 7.57. The summed E-state index contributed by atoms with van der Waals surface area (Å²) in [6, 6.07) is 0. The van der Waals surface area contributed by atoms with Gasteiger partial charge in [-0.25, -0.2) is 0 Å². The van der Waals surface area contributed by atoms with Crippen LogP contribution in [0.3, 0.4) is 0 Å². The molecule has 0 aromatic carbocycles. The minimum atomic E-state index is -0.558. The average Bonchev–Trinajstić information content (AvgIpc) is 3.02. The average molecular weight is 312 g/mol. The maximum absolute atomic E-state index is 12.1. The summed E-state index contributed by atoms with van der Waals surface area (Å²) in [6.45, 7) is 1.87. The number of hydrogen-bond acceptors (Lipinski definition) is 7. The van der Waals surface area contributed by atoms with Gasteiger partial charge in [0.05, 0.1) is 12.2 Å². The first kappa shape index (κ1) is 14.2. The second kappa shape index (κ2) is 5.24. The number of nitrogens with zero attached hydrogens (tertiary/aromatic N) is 2. The normalized spacial score (nSPS) is 23.7. The molecular formula is C12H16N4O4S. The van der Waals surface area contributed by atoms with Gasteiger partial charge in [-0.05, 0) is 19.3 Å². The van der Waals surface area contributed by atoms with Gasteiger partial charge in [0.2, 0.25) is 5.95 Å². The number of anilines is 1. The maximum atomic E-state index is 12.1. The fourth-order valence-electron chi connectivity index (χ4n) is 2.58. The molecule has 0 radical (unpaired) electrons. The Kier molecular flexibility index (Phi) is 3.56. The van der Waals surface area contributed by atoms with Crippen LogP contribution in [0.15, 0.2) is 9.59 Å². The predicted octanol–water partition coefficient (Wildman–Crippen LogP) is 0.177. The molecule has 1 aliphatic rings. The molecule has 0 amide bonds. The van der Waals surface area contributed by atoms with E-state index in [1.165, 1.54) is 4.57 Å². The Balaban J connectivity index is 2.04. The molecule has 9 heteroatoms. The number of nitrogens with two attached hydrogens (primary N) is 1. The van der Waals surface area contributed by atoms with Gasteiger partial charge in [-0.3, -0.25) is 19.1 Å². The van der Waals surface area contributed by atoms with Crippen LogP contribution < -0.4 is 16.2 Å². The van der Waals surface area contributed by atoms with Crippen molar-refractivity contribution in [2.45, 2.75) is 44.6 Å². The van der Waals surface area contributed by atoms with E-state index in [0.717, 1.165) is 11.3 Å². The van der Waals surface area contributed by atoms with Crippen molar-refractivity contribution < 1.29 is 9.84 Å². The van der Waals surface area contributed by atoms with Crippen LogP contribution >= 0.6 is 11.3 Å². The van der Waals surface area contributed by atoms with Crippen LogP contribution in [0.25, 0.3) is 10.3 Å². The molecule has 3 rings (SSSR count). The van der Waals surface area contributed by atoms with E-state index in [1.807, 2.05) is 6.92 Å². The van der Waals surface area contributed by atoms with Crippen molar-refractivity contribution in [3.8, 4) is 0 Å². The van der Waals surface area contributed by atoms with Gasteiger partial charge in [0.15, 0.2) is 5.65 Å². The molecule has 0 aliphatic carbocycles. The highest BCUT2D eigenvalue weighted by molar-refractivity contribution is 7.16. The lowest BCUT2D eigenvalue weighted by molar-refractivity contribution is -0.0590. The van der Waals surface area contributed by atoms with Crippen molar-refractivity contribution >= 4 is 27.6 Å². The van der Waals surface area contributed by atoms with Gasteiger partial charge >= 0.3 is 4.87 Å². The van der Waals surface area contributed by atoms with Crippen LogP contribution in [-0.4, -0.2) is 31.8 Å². The van der Waals surface area contributed by atoms with Gasteiger partial charge in [-0.2, -0.15) is 4.98 Å². The number of fused-ring (bicyclic) bond motifs is 1. The Hall–Kier alpha value is -1.71. The van der Waals surface area contributed by atoms with Crippen LogP contribution in [0.1, 0.15) is 32.4 Å². The zero-order valence-corrected chi connectivity index (χ0v) is 12.2. The van der Waals surface area contributed by atoms with Gasteiger partial charge in [0.25, 0.3) is 5.56 Å². The minimum absolute atomic E-state index is 0.0396. The molecule has 1 saturated heterocycles. The lowest BCUT2D eigenvalue weighted by atomic mass is 10.1. The van der Waals surface area contributed by atoms with Crippen molar-refractivity contribution in [3.05, 3.63) is 20.0 Å². The SMILES string of the molecule is CC[C@H](O)[C@@H]1CC[C@H](n2c(=O)sc3c(=O)[nH]c(N)nc32)O1. The van der Waals surface area contributed by atoms with Crippen molar-refractivity contribution in [1.82, 2.24) is 14.5 Å². The second-order valence-corrected chi connectivity index (χ2v) is 5.99. The van der Waals surface area contributed by atoms with Gasteiger partial charge < -0.3 is 15.6 Å². The van der Waals surface area contributed by atoms with E-state index in [4.69, 9.17) is 10.5 Å². The van der Waals surface area contributed by atoms with E-state index in [-0.39, 0.29) is 27.3 Å². The van der Waals surface area contributed by atoms with E-state index in [0.29, 0.717) is 19.3 Å². The van der Waals surface area contributed by atoms with Crippen LogP contribution in [0, 0.1) is 0 Å². The first-order valence-electron chi connectivity index (χ1n) is 6.75. The summed E-state index contributed by atoms with van der Waals surface area (Å²) >= 11 is 0.819. The van der Waals surface area contributed by atoms with Gasteiger partial charge in [0, 0.05) is 0 Å². The Labute approximate surface area is 123 Å². The van der Waals surface area contributed by atoms with E-state index in [1.54, 1.807) is 0 Å². The number of thiazole rings is 1. The van der Waals surface area contributed by atoms with Crippen LogP contribution in [0.5, 0.6) is 0 Å². The quantitative estimate of drug-likeness (QED) is 0.742. The molecule has 0 bridgehead atoms. The lowest BCUT2D eigenvalue weighted by Crippen LogP contribution is -2.27. The van der Waals surface area contributed by atoms with Crippen molar-refractivity contribution in [3.63, 3.8) is 0 Å². The largest absolute Gasteiger partial charge is 0.390 e. The molecule has 21 heavy (non-hydrogen) atoms. The molecule has 0 unspecified atom stereocenters. The number of hydrogen-bond donors (Lipinski definition) is 3. The number of ether oxygens (including phenoxy) is 1. The molecule has 2 aromatic heterocycles. The minimum Gasteiger partial charge on any atom is -0.390 e. The number of nitrogens with one attached hydrogen (secondary N) is 1. The van der Waals surface area contributed by atoms with Crippen LogP contribution in [-0.2, 0) is 4.74 Å². The molecule has 3 atom stereocenters.